The van der Waals surface area contributed by atoms with Gasteiger partial charge < -0.3 is 10.0 Å². The van der Waals surface area contributed by atoms with Gasteiger partial charge >= 0.3 is 5.97 Å². The van der Waals surface area contributed by atoms with Gasteiger partial charge in [-0.15, -0.1) is 0 Å². The van der Waals surface area contributed by atoms with Gasteiger partial charge in [-0.2, -0.15) is 0 Å². The summed E-state index contributed by atoms with van der Waals surface area (Å²) in [5.41, 5.74) is 0.635. The van der Waals surface area contributed by atoms with Gasteiger partial charge in [0, 0.05) is 25.2 Å². The second-order valence-corrected chi connectivity index (χ2v) is 3.45. The zero-order valence-electron chi connectivity index (χ0n) is 7.64. The molecule has 0 aromatic rings. The molecule has 0 aromatic carbocycles. The van der Waals surface area contributed by atoms with Crippen molar-refractivity contribution in [2.24, 2.45) is 5.92 Å². The highest BCUT2D eigenvalue weighted by atomic mass is 16.4. The molecular weight excluding hydrogens is 182 g/mol. The summed E-state index contributed by atoms with van der Waals surface area (Å²) in [7, 11) is 0. The van der Waals surface area contributed by atoms with E-state index in [4.69, 9.17) is 5.11 Å². The summed E-state index contributed by atoms with van der Waals surface area (Å²) in [6.07, 6.45) is 5.82. The maximum Gasteiger partial charge on any atom is 0.320 e. The van der Waals surface area contributed by atoms with E-state index in [2.05, 4.69) is 0 Å². The van der Waals surface area contributed by atoms with E-state index in [-0.39, 0.29) is 5.78 Å². The van der Waals surface area contributed by atoms with Gasteiger partial charge in [-0.1, -0.05) is 12.2 Å². The number of allylic oxidation sites excluding steroid dienone is 2. The van der Waals surface area contributed by atoms with Crippen LogP contribution in [0, 0.1) is 5.92 Å². The summed E-state index contributed by atoms with van der Waals surface area (Å²) in [5.74, 6) is -2.18. The first-order valence-electron chi connectivity index (χ1n) is 4.57. The summed E-state index contributed by atoms with van der Waals surface area (Å²) < 4.78 is 0. The average Bonchev–Trinajstić information content (AvgIpc) is 2.17. The van der Waals surface area contributed by atoms with Crippen LogP contribution in [0.4, 0.5) is 0 Å². The van der Waals surface area contributed by atoms with Crippen LogP contribution in [-0.4, -0.2) is 34.8 Å². The van der Waals surface area contributed by atoms with Crippen LogP contribution in [0.2, 0.25) is 0 Å². The van der Waals surface area contributed by atoms with Crippen molar-refractivity contribution in [2.45, 2.75) is 6.42 Å². The fourth-order valence-electron chi connectivity index (χ4n) is 1.88. The monoisotopic (exact) mass is 193 g/mol. The van der Waals surface area contributed by atoms with E-state index in [1.165, 1.54) is 0 Å². The van der Waals surface area contributed by atoms with Crippen molar-refractivity contribution in [3.8, 4) is 0 Å². The van der Waals surface area contributed by atoms with Gasteiger partial charge in [-0.3, -0.25) is 9.59 Å². The van der Waals surface area contributed by atoms with Gasteiger partial charge in [0.05, 0.1) is 0 Å². The number of aliphatic carboxylic acids is 1. The quantitative estimate of drug-likeness (QED) is 0.613. The lowest BCUT2D eigenvalue weighted by Crippen LogP contribution is -2.43. The first kappa shape index (κ1) is 8.99. The van der Waals surface area contributed by atoms with E-state index in [1.807, 2.05) is 11.0 Å². The Balaban J connectivity index is 2.34. The Hall–Kier alpha value is -1.58. The van der Waals surface area contributed by atoms with Crippen molar-refractivity contribution in [3.05, 3.63) is 23.9 Å². The number of fused-ring (bicyclic) bond motifs is 1. The van der Waals surface area contributed by atoms with E-state index >= 15 is 0 Å². The minimum absolute atomic E-state index is 0.185. The summed E-state index contributed by atoms with van der Waals surface area (Å²) in [4.78, 5) is 24.3. The van der Waals surface area contributed by atoms with Gasteiger partial charge in [-0.05, 0) is 6.08 Å². The van der Waals surface area contributed by atoms with E-state index in [0.29, 0.717) is 25.2 Å². The minimum Gasteiger partial charge on any atom is -0.480 e. The minimum atomic E-state index is -1.04. The highest BCUT2D eigenvalue weighted by molar-refractivity contribution is 6.02. The van der Waals surface area contributed by atoms with Crippen molar-refractivity contribution in [3.63, 3.8) is 0 Å². The van der Waals surface area contributed by atoms with E-state index in [1.54, 1.807) is 12.2 Å². The Kier molecular flexibility index (Phi) is 2.11. The lowest BCUT2D eigenvalue weighted by molar-refractivity contribution is -0.146. The number of nitrogens with zero attached hydrogens (tertiary/aromatic N) is 1. The van der Waals surface area contributed by atoms with E-state index in [0.717, 1.165) is 0 Å². The third-order valence-corrected chi connectivity index (χ3v) is 2.59. The molecule has 1 atom stereocenters. The van der Waals surface area contributed by atoms with E-state index in [9.17, 15) is 9.59 Å². The predicted octanol–water partition coefficient (Wildman–Crippen LogP) is 0.416. The fraction of sp³-hybridized carbons (Fsp3) is 0.400. The van der Waals surface area contributed by atoms with Crippen LogP contribution in [0.15, 0.2) is 23.9 Å². The van der Waals surface area contributed by atoms with Crippen molar-refractivity contribution < 1.29 is 14.7 Å². The largest absolute Gasteiger partial charge is 0.480 e. The molecule has 1 saturated heterocycles. The van der Waals surface area contributed by atoms with Crippen LogP contribution in [0.25, 0.3) is 0 Å². The molecule has 4 heteroatoms. The van der Waals surface area contributed by atoms with Gasteiger partial charge in [0.1, 0.15) is 0 Å². The van der Waals surface area contributed by atoms with Gasteiger partial charge in [0.15, 0.2) is 11.7 Å². The molecule has 1 fully saturated rings. The Labute approximate surface area is 81.5 Å². The maximum atomic E-state index is 11.4. The third-order valence-electron chi connectivity index (χ3n) is 2.59. The van der Waals surface area contributed by atoms with Crippen LogP contribution < -0.4 is 0 Å². The lowest BCUT2D eigenvalue weighted by Gasteiger charge is -2.35. The standard InChI is InChI=1S/C10H11NO3/c12-8-4-6-11-5-2-1-3-7(11)9(8)10(13)14/h1-3,9H,4-6H2,(H,13,14). The first-order chi connectivity index (χ1) is 6.70. The molecule has 14 heavy (non-hydrogen) atoms. The van der Waals surface area contributed by atoms with Gasteiger partial charge in [0.2, 0.25) is 0 Å². The smallest absolute Gasteiger partial charge is 0.320 e. The molecular formula is C10H11NO3. The summed E-state index contributed by atoms with van der Waals surface area (Å²) in [6, 6.07) is 0. The van der Waals surface area contributed by atoms with Crippen LogP contribution >= 0.6 is 0 Å². The summed E-state index contributed by atoms with van der Waals surface area (Å²) >= 11 is 0. The Morgan fingerprint density at radius 2 is 2.36 bits per heavy atom. The normalized spacial score (nSPS) is 25.7. The molecule has 0 aromatic heterocycles. The number of Topliss-reactive ketones (excluding diaryl/α,β-unsaturated/α-hetero) is 1. The second kappa shape index (κ2) is 3.29. The number of rotatable bonds is 1. The third kappa shape index (κ3) is 1.32. The molecule has 0 bridgehead atoms. The molecule has 0 aliphatic carbocycles. The van der Waals surface area contributed by atoms with Gasteiger partial charge in [-0.25, -0.2) is 0 Å². The number of carboxylic acids is 1. The fourth-order valence-corrected chi connectivity index (χ4v) is 1.88. The number of piperidine rings is 1. The Morgan fingerprint density at radius 1 is 1.57 bits per heavy atom. The lowest BCUT2D eigenvalue weighted by atomic mass is 9.91. The number of carbonyl (C=O) groups is 2. The first-order valence-corrected chi connectivity index (χ1v) is 4.57. The number of carbonyl (C=O) groups excluding carboxylic acids is 1. The number of hydrogen-bond donors (Lipinski definition) is 1. The van der Waals surface area contributed by atoms with Crippen molar-refractivity contribution >= 4 is 11.8 Å². The van der Waals surface area contributed by atoms with Crippen molar-refractivity contribution in [2.75, 3.05) is 13.1 Å². The molecule has 2 aliphatic heterocycles. The van der Waals surface area contributed by atoms with Crippen LogP contribution in [-0.2, 0) is 9.59 Å². The average molecular weight is 193 g/mol. The topological polar surface area (TPSA) is 57.6 Å². The highest BCUT2D eigenvalue weighted by Gasteiger charge is 2.36. The molecule has 1 N–H and O–H groups in total. The second-order valence-electron chi connectivity index (χ2n) is 3.45. The molecule has 0 amide bonds. The molecule has 0 saturated carbocycles. The Morgan fingerprint density at radius 3 is 3.07 bits per heavy atom. The summed E-state index contributed by atoms with van der Waals surface area (Å²) in [5, 5.41) is 8.94. The summed E-state index contributed by atoms with van der Waals surface area (Å²) in [6.45, 7) is 1.35. The van der Waals surface area contributed by atoms with E-state index < -0.39 is 11.9 Å². The molecule has 0 spiro atoms. The molecule has 4 nitrogen and oxygen atoms in total. The number of ketones is 1. The molecule has 1 unspecified atom stereocenters. The molecule has 0 radical (unpaired) electrons. The predicted molar refractivity (Wildman–Crippen MR) is 49.5 cm³/mol. The Bertz CT molecular complexity index is 343. The number of carboxylic acid groups (broad SMARTS) is 1. The molecule has 2 heterocycles. The van der Waals surface area contributed by atoms with Crippen LogP contribution in [0.3, 0.4) is 0 Å². The highest BCUT2D eigenvalue weighted by Crippen LogP contribution is 2.26. The maximum absolute atomic E-state index is 11.4. The zero-order chi connectivity index (χ0) is 10.1. The molecule has 2 aliphatic rings. The van der Waals surface area contributed by atoms with Crippen LogP contribution in [0.1, 0.15) is 6.42 Å². The number of hydrogen-bond acceptors (Lipinski definition) is 3. The van der Waals surface area contributed by atoms with Crippen LogP contribution in [0.5, 0.6) is 0 Å². The zero-order valence-corrected chi connectivity index (χ0v) is 7.64. The molecule has 2 rings (SSSR count). The molecule has 74 valence electrons. The van der Waals surface area contributed by atoms with Crippen molar-refractivity contribution in [1.82, 2.24) is 4.90 Å². The van der Waals surface area contributed by atoms with Crippen molar-refractivity contribution in [1.29, 1.82) is 0 Å². The SMILES string of the molecule is O=C(O)C1C(=O)CCN2CC=CC=C12. The van der Waals surface area contributed by atoms with Gasteiger partial charge in [0.25, 0.3) is 0 Å².